The molecule has 29 heavy (non-hydrogen) atoms. The van der Waals surface area contributed by atoms with Crippen molar-refractivity contribution in [2.24, 2.45) is 0 Å². The van der Waals surface area contributed by atoms with Gasteiger partial charge in [0.05, 0.1) is 16.3 Å². The number of carbonyl (C=O) groups excluding carboxylic acids is 2. The maximum absolute atomic E-state index is 13.1. The molecule has 2 heterocycles. The predicted molar refractivity (Wildman–Crippen MR) is 121 cm³/mol. The monoisotopic (exact) mass is 561 g/mol. The Balaban J connectivity index is 2.03. The zero-order valence-electron chi connectivity index (χ0n) is 15.3. The van der Waals surface area contributed by atoms with Gasteiger partial charge in [-0.2, -0.15) is 5.10 Å². The van der Waals surface area contributed by atoms with Crippen molar-refractivity contribution in [2.45, 2.75) is 0 Å². The van der Waals surface area contributed by atoms with Gasteiger partial charge in [-0.25, -0.2) is 4.68 Å². The number of dihydropyridines is 1. The van der Waals surface area contributed by atoms with Gasteiger partial charge in [-0.05, 0) is 34.1 Å². The Morgan fingerprint density at radius 1 is 1.24 bits per heavy atom. The molecule has 0 saturated carbocycles. The summed E-state index contributed by atoms with van der Waals surface area (Å²) in [7, 11) is 3.27. The van der Waals surface area contributed by atoms with E-state index in [1.807, 2.05) is 6.08 Å². The maximum atomic E-state index is 13.1. The van der Waals surface area contributed by atoms with Crippen LogP contribution in [-0.2, 0) is 0 Å². The molecule has 152 valence electrons. The Morgan fingerprint density at radius 3 is 2.62 bits per heavy atom. The quantitative estimate of drug-likeness (QED) is 0.572. The van der Waals surface area contributed by atoms with Gasteiger partial charge in [0.2, 0.25) is 0 Å². The second kappa shape index (κ2) is 8.91. The maximum Gasteiger partial charge on any atom is 0.274 e. The molecule has 0 saturated heterocycles. The third-order valence-electron chi connectivity index (χ3n) is 3.93. The first-order valence-electron chi connectivity index (χ1n) is 8.27. The van der Waals surface area contributed by atoms with E-state index in [1.165, 1.54) is 15.6 Å². The van der Waals surface area contributed by atoms with E-state index in [1.54, 1.807) is 32.3 Å². The lowest BCUT2D eigenvalue weighted by atomic mass is 10.1. The number of allylic oxidation sites excluding steroid dienone is 2. The first kappa shape index (κ1) is 21.9. The van der Waals surface area contributed by atoms with Crippen molar-refractivity contribution in [3.63, 3.8) is 0 Å². The molecule has 3 rings (SSSR count). The van der Waals surface area contributed by atoms with Crippen molar-refractivity contribution in [3.8, 4) is 0 Å². The van der Waals surface area contributed by atoms with Crippen LogP contribution in [-0.4, -0.2) is 47.1 Å². The van der Waals surface area contributed by atoms with Crippen LogP contribution in [0, 0.1) is 0 Å². The van der Waals surface area contributed by atoms with Gasteiger partial charge >= 0.3 is 0 Å². The van der Waals surface area contributed by atoms with Gasteiger partial charge in [0.15, 0.2) is 5.15 Å². The molecule has 1 aliphatic heterocycles. The van der Waals surface area contributed by atoms with E-state index in [2.05, 4.69) is 47.6 Å². The molecule has 0 radical (unpaired) electrons. The molecule has 1 aromatic carbocycles. The molecule has 11 heteroatoms. The van der Waals surface area contributed by atoms with Crippen LogP contribution in [0.1, 0.15) is 20.8 Å². The molecule has 0 aliphatic carbocycles. The summed E-state index contributed by atoms with van der Waals surface area (Å²) in [6, 6.07) is 4.80. The van der Waals surface area contributed by atoms with Crippen LogP contribution in [0.4, 0.5) is 5.69 Å². The standard InChI is InChI=1S/C18H15Br2Cl2N5O2/c1-26(2)18(29)10-6-9(19)7-11(20)15(10)24-17(28)13-8-14(22)25-27(13)16-12(21)4-3-5-23-16/h3-4,6-8,23H,5H2,1-2H3,(H,24,28). The first-order valence-corrected chi connectivity index (χ1v) is 10.6. The summed E-state index contributed by atoms with van der Waals surface area (Å²) in [5, 5.41) is 10.5. The van der Waals surface area contributed by atoms with Crippen molar-refractivity contribution in [1.29, 1.82) is 0 Å². The Kier molecular flexibility index (Phi) is 6.72. The molecule has 1 aliphatic rings. The van der Waals surface area contributed by atoms with E-state index in [0.717, 1.165) is 0 Å². The third kappa shape index (κ3) is 4.69. The predicted octanol–water partition coefficient (Wildman–Crippen LogP) is 4.54. The van der Waals surface area contributed by atoms with Crippen LogP contribution < -0.4 is 10.6 Å². The van der Waals surface area contributed by atoms with Crippen LogP contribution in [0.3, 0.4) is 0 Å². The first-order chi connectivity index (χ1) is 13.7. The third-order valence-corrected chi connectivity index (χ3v) is 5.50. The fourth-order valence-corrected chi connectivity index (χ4v) is 4.37. The normalized spacial score (nSPS) is 13.3. The number of hydrogen-bond acceptors (Lipinski definition) is 4. The minimum Gasteiger partial charge on any atom is -0.365 e. The van der Waals surface area contributed by atoms with Crippen LogP contribution in [0.5, 0.6) is 0 Å². The Hall–Kier alpha value is -1.81. The summed E-state index contributed by atoms with van der Waals surface area (Å²) in [5.41, 5.74) is 0.805. The summed E-state index contributed by atoms with van der Waals surface area (Å²) in [6.45, 7) is 0.532. The number of anilines is 1. The summed E-state index contributed by atoms with van der Waals surface area (Å²) in [5.74, 6) is -0.335. The average molecular weight is 564 g/mol. The molecule has 1 aromatic heterocycles. The highest BCUT2D eigenvalue weighted by Crippen LogP contribution is 2.32. The van der Waals surface area contributed by atoms with Crippen LogP contribution in [0.25, 0.3) is 5.82 Å². The molecular formula is C18H15Br2Cl2N5O2. The van der Waals surface area contributed by atoms with Crippen LogP contribution in [0.15, 0.2) is 44.3 Å². The largest absolute Gasteiger partial charge is 0.365 e. The zero-order valence-corrected chi connectivity index (χ0v) is 19.9. The molecule has 0 spiro atoms. The summed E-state index contributed by atoms with van der Waals surface area (Å²) in [4.78, 5) is 27.1. The SMILES string of the molecule is CN(C)C(=O)c1cc(Br)cc(Br)c1NC(=O)c1cc(Cl)nn1C1=C(Cl)C=CCN1. The average Bonchev–Trinajstić information content (AvgIpc) is 3.05. The number of benzene rings is 1. The van der Waals surface area contributed by atoms with E-state index in [9.17, 15) is 9.59 Å². The molecule has 2 N–H and O–H groups in total. The Morgan fingerprint density at radius 2 is 1.97 bits per heavy atom. The lowest BCUT2D eigenvalue weighted by Crippen LogP contribution is -2.27. The van der Waals surface area contributed by atoms with E-state index in [4.69, 9.17) is 23.2 Å². The van der Waals surface area contributed by atoms with Gasteiger partial charge in [-0.1, -0.05) is 45.2 Å². The van der Waals surface area contributed by atoms with Crippen LogP contribution in [0.2, 0.25) is 5.15 Å². The number of halogens is 4. The fraction of sp³-hybridized carbons (Fsp3) is 0.167. The van der Waals surface area contributed by atoms with Crippen molar-refractivity contribution in [3.05, 3.63) is 60.7 Å². The van der Waals surface area contributed by atoms with Crippen molar-refractivity contribution >= 4 is 78.4 Å². The Bertz CT molecular complexity index is 1060. The molecule has 0 bridgehead atoms. The second-order valence-electron chi connectivity index (χ2n) is 6.21. The number of nitrogens with zero attached hydrogens (tertiary/aromatic N) is 3. The number of nitrogens with one attached hydrogen (secondary N) is 2. The summed E-state index contributed by atoms with van der Waals surface area (Å²) >= 11 is 19.1. The summed E-state index contributed by atoms with van der Waals surface area (Å²) in [6.07, 6.45) is 3.55. The van der Waals surface area contributed by atoms with Gasteiger partial charge in [0.1, 0.15) is 11.5 Å². The Labute approximate surface area is 194 Å². The molecule has 2 aromatic rings. The minimum atomic E-state index is -0.506. The smallest absolute Gasteiger partial charge is 0.274 e. The summed E-state index contributed by atoms with van der Waals surface area (Å²) < 4.78 is 2.57. The van der Waals surface area contributed by atoms with Gasteiger partial charge in [0.25, 0.3) is 11.8 Å². The second-order valence-corrected chi connectivity index (χ2v) is 8.77. The van der Waals surface area contributed by atoms with Crippen molar-refractivity contribution in [1.82, 2.24) is 20.0 Å². The fourth-order valence-electron chi connectivity index (χ4n) is 2.63. The number of amides is 2. The zero-order chi connectivity index (χ0) is 21.3. The highest BCUT2D eigenvalue weighted by Gasteiger charge is 2.24. The van der Waals surface area contributed by atoms with Crippen molar-refractivity contribution < 1.29 is 9.59 Å². The van der Waals surface area contributed by atoms with E-state index in [-0.39, 0.29) is 16.8 Å². The van der Waals surface area contributed by atoms with Gasteiger partial charge in [-0.15, -0.1) is 0 Å². The lowest BCUT2D eigenvalue weighted by molar-refractivity contribution is 0.0828. The molecule has 7 nitrogen and oxygen atoms in total. The molecule has 0 fully saturated rings. The molecule has 0 atom stereocenters. The van der Waals surface area contributed by atoms with Crippen molar-refractivity contribution in [2.75, 3.05) is 26.0 Å². The highest BCUT2D eigenvalue weighted by molar-refractivity contribution is 9.11. The molecule has 0 unspecified atom stereocenters. The number of aromatic nitrogens is 2. The minimum absolute atomic E-state index is 0.128. The van der Waals surface area contributed by atoms with Gasteiger partial charge in [0, 0.05) is 35.7 Å². The van der Waals surface area contributed by atoms with E-state index >= 15 is 0 Å². The lowest BCUT2D eigenvalue weighted by Gasteiger charge is -2.18. The van der Waals surface area contributed by atoms with Gasteiger partial charge in [-0.3, -0.25) is 9.59 Å². The number of rotatable bonds is 4. The van der Waals surface area contributed by atoms with E-state index in [0.29, 0.717) is 37.6 Å². The van der Waals surface area contributed by atoms with Gasteiger partial charge < -0.3 is 15.5 Å². The number of hydrogen-bond donors (Lipinski definition) is 2. The van der Waals surface area contributed by atoms with E-state index < -0.39 is 5.91 Å². The molecule has 2 amide bonds. The number of carbonyl (C=O) groups is 2. The van der Waals surface area contributed by atoms with Crippen LogP contribution >= 0.6 is 55.1 Å². The highest BCUT2D eigenvalue weighted by atomic mass is 79.9. The topological polar surface area (TPSA) is 79.3 Å². The molecular weight excluding hydrogens is 549 g/mol.